The molecule has 3 rings (SSSR count). The molecule has 5 heteroatoms. The molecule has 1 saturated heterocycles. The summed E-state index contributed by atoms with van der Waals surface area (Å²) in [5, 5.41) is 16.7. The first-order valence-electron chi connectivity index (χ1n) is 7.49. The molecule has 0 spiro atoms. The minimum atomic E-state index is -0.313. The summed E-state index contributed by atoms with van der Waals surface area (Å²) in [7, 11) is 0. The van der Waals surface area contributed by atoms with Crippen LogP contribution >= 0.6 is 11.3 Å². The van der Waals surface area contributed by atoms with E-state index in [1.54, 1.807) is 0 Å². The highest BCUT2D eigenvalue weighted by Gasteiger charge is 2.30. The molecule has 2 atom stereocenters. The Bertz CT molecular complexity index is 600. The van der Waals surface area contributed by atoms with Gasteiger partial charge in [0.1, 0.15) is 0 Å². The number of aliphatic hydroxyl groups excluding tert-OH is 1. The summed E-state index contributed by atoms with van der Waals surface area (Å²) in [4.78, 5) is 14.3. The summed E-state index contributed by atoms with van der Waals surface area (Å²) in [6, 6.07) is 12.2. The maximum atomic E-state index is 12.0. The fourth-order valence-electron chi connectivity index (χ4n) is 2.89. The Morgan fingerprint density at radius 3 is 2.86 bits per heavy atom. The maximum absolute atomic E-state index is 12.0. The van der Waals surface area contributed by atoms with Gasteiger partial charge in [-0.2, -0.15) is 11.3 Å². The molecule has 0 saturated carbocycles. The van der Waals surface area contributed by atoms with E-state index in [1.165, 1.54) is 16.9 Å². The van der Waals surface area contributed by atoms with Crippen molar-refractivity contribution < 1.29 is 9.90 Å². The minimum absolute atomic E-state index is 0.0395. The van der Waals surface area contributed by atoms with Crippen LogP contribution in [0.5, 0.6) is 0 Å². The average molecular weight is 316 g/mol. The number of benzene rings is 1. The molecule has 2 N–H and O–H groups in total. The Morgan fingerprint density at radius 2 is 2.14 bits per heavy atom. The van der Waals surface area contributed by atoms with Gasteiger partial charge in [-0.25, -0.2) is 0 Å². The molecule has 1 fully saturated rings. The minimum Gasteiger partial charge on any atom is -0.392 e. The van der Waals surface area contributed by atoms with Crippen molar-refractivity contribution in [3.8, 4) is 0 Å². The number of hydrogen-bond acceptors (Lipinski definition) is 4. The lowest BCUT2D eigenvalue weighted by molar-refractivity contribution is 0.0940. The highest BCUT2D eigenvalue weighted by Crippen LogP contribution is 2.20. The molecule has 1 aromatic carbocycles. The van der Waals surface area contributed by atoms with Crippen LogP contribution < -0.4 is 5.32 Å². The topological polar surface area (TPSA) is 52.6 Å². The second kappa shape index (κ2) is 7.05. The average Bonchev–Trinajstić information content (AvgIpc) is 3.16. The molecule has 0 bridgehead atoms. The molecule has 22 heavy (non-hydrogen) atoms. The second-order valence-corrected chi connectivity index (χ2v) is 6.46. The van der Waals surface area contributed by atoms with E-state index in [-0.39, 0.29) is 18.1 Å². The highest BCUT2D eigenvalue weighted by atomic mass is 32.1. The van der Waals surface area contributed by atoms with E-state index in [0.29, 0.717) is 25.1 Å². The third-order valence-electron chi connectivity index (χ3n) is 4.02. The summed E-state index contributed by atoms with van der Waals surface area (Å²) < 4.78 is 0. The van der Waals surface area contributed by atoms with Gasteiger partial charge in [0.05, 0.1) is 6.10 Å². The van der Waals surface area contributed by atoms with E-state index in [9.17, 15) is 9.90 Å². The van der Waals surface area contributed by atoms with Crippen LogP contribution in [0, 0.1) is 0 Å². The van der Waals surface area contributed by atoms with Crippen molar-refractivity contribution in [2.75, 3.05) is 13.1 Å². The standard InChI is InChI=1S/C17H20N2O2S/c20-16-8-15(9-18-17(21)14-6-7-22-12-14)19(11-16)10-13-4-2-1-3-5-13/h1-7,12,15-16,20H,8-11H2,(H,18,21)/t15-,16+/m0/s1. The Morgan fingerprint density at radius 1 is 1.32 bits per heavy atom. The molecule has 1 aliphatic rings. The van der Waals surface area contributed by atoms with Crippen LogP contribution in [0.4, 0.5) is 0 Å². The third-order valence-corrected chi connectivity index (χ3v) is 4.70. The van der Waals surface area contributed by atoms with Gasteiger partial charge in [0.15, 0.2) is 0 Å². The molecule has 1 aliphatic heterocycles. The van der Waals surface area contributed by atoms with Crippen molar-refractivity contribution in [3.63, 3.8) is 0 Å². The molecule has 1 aromatic heterocycles. The first-order chi connectivity index (χ1) is 10.7. The lowest BCUT2D eigenvalue weighted by atomic mass is 10.1. The fraction of sp³-hybridized carbons (Fsp3) is 0.353. The van der Waals surface area contributed by atoms with Gasteiger partial charge in [0.25, 0.3) is 5.91 Å². The first-order valence-corrected chi connectivity index (χ1v) is 8.43. The van der Waals surface area contributed by atoms with Crippen molar-refractivity contribution in [1.82, 2.24) is 10.2 Å². The van der Waals surface area contributed by atoms with Crippen molar-refractivity contribution >= 4 is 17.2 Å². The molecule has 2 heterocycles. The summed E-state index contributed by atoms with van der Waals surface area (Å²) >= 11 is 1.52. The molecule has 2 aromatic rings. The third kappa shape index (κ3) is 3.74. The summed E-state index contributed by atoms with van der Waals surface area (Å²) in [6.45, 7) is 2.03. The zero-order valence-electron chi connectivity index (χ0n) is 12.3. The number of nitrogens with zero attached hydrogens (tertiary/aromatic N) is 1. The number of carbonyl (C=O) groups excluding carboxylic acids is 1. The number of β-amino-alcohol motifs (C(OH)–C–C–N with tert-alkyl or cyclic N) is 1. The van der Waals surface area contributed by atoms with E-state index in [2.05, 4.69) is 22.3 Å². The Labute approximate surface area is 134 Å². The second-order valence-electron chi connectivity index (χ2n) is 5.68. The van der Waals surface area contributed by atoms with Crippen molar-refractivity contribution in [3.05, 3.63) is 58.3 Å². The molecular formula is C17H20N2O2S. The number of thiophene rings is 1. The van der Waals surface area contributed by atoms with E-state index < -0.39 is 0 Å². The number of rotatable bonds is 5. The van der Waals surface area contributed by atoms with Crippen molar-refractivity contribution in [1.29, 1.82) is 0 Å². The maximum Gasteiger partial charge on any atom is 0.252 e. The Balaban J connectivity index is 1.58. The van der Waals surface area contributed by atoms with E-state index in [0.717, 1.165) is 6.54 Å². The van der Waals surface area contributed by atoms with Gasteiger partial charge < -0.3 is 10.4 Å². The Hall–Kier alpha value is -1.69. The zero-order chi connectivity index (χ0) is 15.4. The van der Waals surface area contributed by atoms with Gasteiger partial charge in [0, 0.05) is 36.6 Å². The molecule has 0 radical (unpaired) electrons. The molecule has 0 unspecified atom stereocenters. The highest BCUT2D eigenvalue weighted by molar-refractivity contribution is 7.08. The smallest absolute Gasteiger partial charge is 0.252 e. The monoisotopic (exact) mass is 316 g/mol. The van der Waals surface area contributed by atoms with Gasteiger partial charge in [-0.15, -0.1) is 0 Å². The van der Waals surface area contributed by atoms with Crippen LogP contribution in [-0.2, 0) is 6.54 Å². The molecule has 1 amide bonds. The first kappa shape index (κ1) is 15.2. The van der Waals surface area contributed by atoms with Crippen LogP contribution in [0.25, 0.3) is 0 Å². The lowest BCUT2D eigenvalue weighted by Crippen LogP contribution is -2.39. The Kier molecular flexibility index (Phi) is 4.87. The van der Waals surface area contributed by atoms with Gasteiger partial charge in [-0.1, -0.05) is 30.3 Å². The summed E-state index contributed by atoms with van der Waals surface area (Å²) in [5.41, 5.74) is 1.93. The zero-order valence-corrected chi connectivity index (χ0v) is 13.1. The van der Waals surface area contributed by atoms with Crippen molar-refractivity contribution in [2.24, 2.45) is 0 Å². The summed E-state index contributed by atoms with van der Waals surface area (Å²) in [6.07, 6.45) is 0.392. The van der Waals surface area contributed by atoms with Gasteiger partial charge in [-0.05, 0) is 23.4 Å². The van der Waals surface area contributed by atoms with Gasteiger partial charge in [-0.3, -0.25) is 9.69 Å². The largest absolute Gasteiger partial charge is 0.392 e. The number of amides is 1. The summed E-state index contributed by atoms with van der Waals surface area (Å²) in [5.74, 6) is -0.0395. The number of nitrogens with one attached hydrogen (secondary N) is 1. The quantitative estimate of drug-likeness (QED) is 0.888. The van der Waals surface area contributed by atoms with Crippen LogP contribution in [0.2, 0.25) is 0 Å². The van der Waals surface area contributed by atoms with Crippen LogP contribution in [-0.4, -0.2) is 41.1 Å². The number of likely N-dealkylation sites (tertiary alicyclic amines) is 1. The van der Waals surface area contributed by atoms with E-state index in [1.807, 2.05) is 35.0 Å². The number of carbonyl (C=O) groups is 1. The predicted molar refractivity (Wildman–Crippen MR) is 87.9 cm³/mol. The van der Waals surface area contributed by atoms with E-state index >= 15 is 0 Å². The van der Waals surface area contributed by atoms with Gasteiger partial charge in [0.2, 0.25) is 0 Å². The molecular weight excluding hydrogens is 296 g/mol. The predicted octanol–water partition coefficient (Wildman–Crippen LogP) is 2.11. The number of hydrogen-bond donors (Lipinski definition) is 2. The molecule has 116 valence electrons. The van der Waals surface area contributed by atoms with E-state index in [4.69, 9.17) is 0 Å². The fourth-order valence-corrected chi connectivity index (χ4v) is 3.52. The lowest BCUT2D eigenvalue weighted by Gasteiger charge is -2.24. The van der Waals surface area contributed by atoms with Crippen LogP contribution in [0.3, 0.4) is 0 Å². The normalized spacial score (nSPS) is 21.9. The SMILES string of the molecule is O=C(NC[C@@H]1C[C@@H](O)CN1Cc1ccccc1)c1ccsc1. The van der Waals surface area contributed by atoms with Gasteiger partial charge >= 0.3 is 0 Å². The van der Waals surface area contributed by atoms with Crippen LogP contribution in [0.15, 0.2) is 47.2 Å². The van der Waals surface area contributed by atoms with Crippen LogP contribution in [0.1, 0.15) is 22.3 Å². The van der Waals surface area contributed by atoms with Crippen molar-refractivity contribution in [2.45, 2.75) is 25.1 Å². The number of aliphatic hydroxyl groups is 1. The molecule has 4 nitrogen and oxygen atoms in total. The molecule has 0 aliphatic carbocycles.